The van der Waals surface area contributed by atoms with Crippen LogP contribution >= 0.6 is 0 Å². The Morgan fingerprint density at radius 2 is 1.96 bits per heavy atom. The number of carbonyl (C=O) groups excluding carboxylic acids is 1. The summed E-state index contributed by atoms with van der Waals surface area (Å²) in [6.45, 7) is 1.90. The lowest BCUT2D eigenvalue weighted by atomic mass is 10.1. The van der Waals surface area contributed by atoms with Gasteiger partial charge in [-0.05, 0) is 56.4 Å². The molecule has 2 aromatic rings. The molecule has 0 spiro atoms. The Balaban J connectivity index is 1.70. The van der Waals surface area contributed by atoms with E-state index in [0.717, 1.165) is 24.2 Å². The Morgan fingerprint density at radius 1 is 1.19 bits per heavy atom. The fourth-order valence-corrected chi connectivity index (χ4v) is 3.15. The van der Waals surface area contributed by atoms with Gasteiger partial charge in [-0.3, -0.25) is 9.59 Å². The summed E-state index contributed by atoms with van der Waals surface area (Å²) < 4.78 is 11.5. The summed E-state index contributed by atoms with van der Waals surface area (Å²) in [4.78, 5) is 25.9. The summed E-state index contributed by atoms with van der Waals surface area (Å²) in [6, 6.07) is 8.34. The zero-order valence-electron chi connectivity index (χ0n) is 15.1. The van der Waals surface area contributed by atoms with Crippen LogP contribution in [0.25, 0.3) is 0 Å². The molecule has 1 aromatic heterocycles. The van der Waals surface area contributed by atoms with Crippen molar-refractivity contribution in [3.63, 3.8) is 0 Å². The van der Waals surface area contributed by atoms with Gasteiger partial charge < -0.3 is 19.8 Å². The van der Waals surface area contributed by atoms with E-state index in [1.807, 2.05) is 25.1 Å². The van der Waals surface area contributed by atoms with Crippen molar-refractivity contribution in [1.29, 1.82) is 0 Å². The number of hydrogen-bond acceptors (Lipinski definition) is 4. The highest BCUT2D eigenvalue weighted by Crippen LogP contribution is 2.33. The van der Waals surface area contributed by atoms with Crippen molar-refractivity contribution in [2.24, 2.45) is 0 Å². The van der Waals surface area contributed by atoms with Gasteiger partial charge >= 0.3 is 0 Å². The number of aromatic amines is 1. The molecule has 2 N–H and O–H groups in total. The molecule has 1 saturated carbocycles. The van der Waals surface area contributed by atoms with Gasteiger partial charge in [0.05, 0.1) is 24.8 Å². The second-order valence-corrected chi connectivity index (χ2v) is 6.57. The highest BCUT2D eigenvalue weighted by molar-refractivity contribution is 5.94. The molecule has 6 heteroatoms. The maximum absolute atomic E-state index is 12.3. The monoisotopic (exact) mass is 356 g/mol. The quantitative estimate of drug-likeness (QED) is 0.833. The first-order valence-electron chi connectivity index (χ1n) is 8.91. The lowest BCUT2D eigenvalue weighted by molar-refractivity contribution is 0.0939. The Bertz CT molecular complexity index is 804. The molecule has 0 aliphatic heterocycles. The van der Waals surface area contributed by atoms with Crippen molar-refractivity contribution in [2.75, 3.05) is 7.11 Å². The first-order chi connectivity index (χ1) is 12.6. The van der Waals surface area contributed by atoms with E-state index in [0.29, 0.717) is 11.3 Å². The number of nitrogens with one attached hydrogen (secondary N) is 2. The van der Waals surface area contributed by atoms with Crippen molar-refractivity contribution in [2.45, 2.75) is 44.8 Å². The Kier molecular flexibility index (Phi) is 5.61. The maximum Gasteiger partial charge on any atom is 0.253 e. The third-order valence-electron chi connectivity index (χ3n) is 4.68. The van der Waals surface area contributed by atoms with Crippen molar-refractivity contribution >= 4 is 5.91 Å². The summed E-state index contributed by atoms with van der Waals surface area (Å²) in [6.07, 6.45) is 6.24. The molecule has 138 valence electrons. The number of amides is 1. The van der Waals surface area contributed by atoms with Gasteiger partial charge in [0, 0.05) is 12.3 Å². The van der Waals surface area contributed by atoms with Gasteiger partial charge in [0.25, 0.3) is 5.91 Å². The molecule has 1 fully saturated rings. The second-order valence-electron chi connectivity index (χ2n) is 6.57. The molecule has 1 aliphatic rings. The van der Waals surface area contributed by atoms with Gasteiger partial charge in [-0.25, -0.2) is 0 Å². The number of carbonyl (C=O) groups is 1. The molecule has 1 aliphatic carbocycles. The minimum atomic E-state index is -0.251. The average molecular weight is 356 g/mol. The van der Waals surface area contributed by atoms with Crippen LogP contribution in [0.15, 0.2) is 41.3 Å². The molecular formula is C20H24N2O4. The first kappa shape index (κ1) is 18.0. The molecule has 1 heterocycles. The standard InChI is InChI=1S/C20H24N2O4/c1-13(22-20(24)15-8-10-19(23)21-12-15)14-7-9-17(18(11-14)25-2)26-16-5-3-4-6-16/h7-13,16H,3-6H2,1-2H3,(H,21,23)(H,22,24). The molecule has 26 heavy (non-hydrogen) atoms. The molecule has 6 nitrogen and oxygen atoms in total. The minimum absolute atomic E-state index is 0.219. The number of rotatable bonds is 6. The van der Waals surface area contributed by atoms with Crippen LogP contribution in [-0.2, 0) is 0 Å². The highest BCUT2D eigenvalue weighted by atomic mass is 16.5. The minimum Gasteiger partial charge on any atom is -0.493 e. The van der Waals surface area contributed by atoms with Gasteiger partial charge in [0.1, 0.15) is 0 Å². The van der Waals surface area contributed by atoms with Crippen LogP contribution in [0.3, 0.4) is 0 Å². The smallest absolute Gasteiger partial charge is 0.253 e. The van der Waals surface area contributed by atoms with Crippen LogP contribution in [0.2, 0.25) is 0 Å². The predicted octanol–water partition coefficient (Wildman–Crippen LogP) is 3.20. The third kappa shape index (κ3) is 4.25. The van der Waals surface area contributed by atoms with Gasteiger partial charge in [-0.15, -0.1) is 0 Å². The highest BCUT2D eigenvalue weighted by Gasteiger charge is 2.19. The Morgan fingerprint density at radius 3 is 2.62 bits per heavy atom. The fourth-order valence-electron chi connectivity index (χ4n) is 3.15. The number of ether oxygens (including phenoxy) is 2. The molecule has 0 radical (unpaired) electrons. The number of benzene rings is 1. The molecule has 1 amide bonds. The van der Waals surface area contributed by atoms with Gasteiger partial charge in [-0.1, -0.05) is 6.07 Å². The molecule has 1 aromatic carbocycles. The van der Waals surface area contributed by atoms with E-state index in [1.165, 1.54) is 31.2 Å². The zero-order valence-corrected chi connectivity index (χ0v) is 15.1. The molecule has 1 atom stereocenters. The summed E-state index contributed by atoms with van der Waals surface area (Å²) in [5.41, 5.74) is 1.08. The van der Waals surface area contributed by atoms with Crippen LogP contribution in [0.5, 0.6) is 11.5 Å². The Hall–Kier alpha value is -2.76. The van der Waals surface area contributed by atoms with E-state index in [1.54, 1.807) is 7.11 Å². The van der Waals surface area contributed by atoms with Crippen LogP contribution in [0.4, 0.5) is 0 Å². The van der Waals surface area contributed by atoms with E-state index in [4.69, 9.17) is 9.47 Å². The van der Waals surface area contributed by atoms with E-state index in [-0.39, 0.29) is 23.6 Å². The lowest BCUT2D eigenvalue weighted by Gasteiger charge is -2.19. The van der Waals surface area contributed by atoms with Crippen LogP contribution in [0, 0.1) is 0 Å². The van der Waals surface area contributed by atoms with Crippen LogP contribution in [-0.4, -0.2) is 24.1 Å². The van der Waals surface area contributed by atoms with Crippen molar-refractivity contribution < 1.29 is 14.3 Å². The Labute approximate surface area is 152 Å². The number of hydrogen-bond donors (Lipinski definition) is 2. The number of H-pyrrole nitrogens is 1. The van der Waals surface area contributed by atoms with Crippen LogP contribution < -0.4 is 20.3 Å². The summed E-state index contributed by atoms with van der Waals surface area (Å²) in [5, 5.41) is 2.92. The fraction of sp³-hybridized carbons (Fsp3) is 0.400. The maximum atomic E-state index is 12.3. The van der Waals surface area contributed by atoms with Gasteiger partial charge in [-0.2, -0.15) is 0 Å². The van der Waals surface area contributed by atoms with Crippen molar-refractivity contribution in [3.05, 3.63) is 58.0 Å². The van der Waals surface area contributed by atoms with E-state index in [2.05, 4.69) is 10.3 Å². The molecule has 0 bridgehead atoms. The third-order valence-corrected chi connectivity index (χ3v) is 4.68. The summed E-state index contributed by atoms with van der Waals surface area (Å²) >= 11 is 0. The molecular weight excluding hydrogens is 332 g/mol. The van der Waals surface area contributed by atoms with E-state index >= 15 is 0 Å². The largest absolute Gasteiger partial charge is 0.493 e. The lowest BCUT2D eigenvalue weighted by Crippen LogP contribution is -2.27. The number of aromatic nitrogens is 1. The average Bonchev–Trinajstić information content (AvgIpc) is 3.15. The summed E-state index contributed by atoms with van der Waals surface area (Å²) in [7, 11) is 1.62. The number of pyridine rings is 1. The molecule has 3 rings (SSSR count). The summed E-state index contributed by atoms with van der Waals surface area (Å²) in [5.74, 6) is 1.15. The van der Waals surface area contributed by atoms with Gasteiger partial charge in [0.2, 0.25) is 5.56 Å². The van der Waals surface area contributed by atoms with Crippen LogP contribution in [0.1, 0.15) is 54.6 Å². The topological polar surface area (TPSA) is 80.4 Å². The SMILES string of the molecule is COc1cc(C(C)NC(=O)c2ccc(=O)[nH]c2)ccc1OC1CCCC1. The predicted molar refractivity (Wildman–Crippen MR) is 98.8 cm³/mol. The van der Waals surface area contributed by atoms with E-state index < -0.39 is 0 Å². The first-order valence-corrected chi connectivity index (χ1v) is 8.91. The zero-order chi connectivity index (χ0) is 18.5. The molecule has 0 saturated heterocycles. The molecule has 1 unspecified atom stereocenters. The normalized spacial score (nSPS) is 15.5. The second kappa shape index (κ2) is 8.08. The van der Waals surface area contributed by atoms with Crippen molar-refractivity contribution in [3.8, 4) is 11.5 Å². The van der Waals surface area contributed by atoms with Crippen molar-refractivity contribution in [1.82, 2.24) is 10.3 Å². The number of methoxy groups -OCH3 is 1. The van der Waals surface area contributed by atoms with Gasteiger partial charge in [0.15, 0.2) is 11.5 Å². The van der Waals surface area contributed by atoms with E-state index in [9.17, 15) is 9.59 Å².